The molecule has 0 unspecified atom stereocenters. The highest BCUT2D eigenvalue weighted by Crippen LogP contribution is 2.42. The van der Waals surface area contributed by atoms with Crippen molar-refractivity contribution in [3.05, 3.63) is 211 Å². The summed E-state index contributed by atoms with van der Waals surface area (Å²) >= 11 is 0. The smallest absolute Gasteiger partial charge is 0.187 e. The Labute approximate surface area is 387 Å². The predicted octanol–water partition coefficient (Wildman–Crippen LogP) is 16.4. The molecule has 10 rings (SSSR count). The molecule has 0 radical (unpaired) electrons. The van der Waals surface area contributed by atoms with Gasteiger partial charge in [0.1, 0.15) is 5.75 Å². The zero-order valence-corrected chi connectivity index (χ0v) is 38.1. The fraction of sp³-hybridized carbons (Fsp3) is 0.131. The Morgan fingerprint density at radius 1 is 0.470 bits per heavy atom. The van der Waals surface area contributed by atoms with Gasteiger partial charge in [0, 0.05) is 44.9 Å². The quantitative estimate of drug-likeness (QED) is 0.163. The van der Waals surface area contributed by atoms with Gasteiger partial charge in [0.05, 0.1) is 34.7 Å². The van der Waals surface area contributed by atoms with E-state index in [-0.39, 0.29) is 16.6 Å². The van der Waals surface area contributed by atoms with Crippen LogP contribution in [0.25, 0.3) is 99.5 Å². The first-order valence-corrected chi connectivity index (χ1v) is 22.5. The molecule has 5 heteroatoms. The van der Waals surface area contributed by atoms with Crippen LogP contribution in [0.1, 0.15) is 52.7 Å². The lowest BCUT2D eigenvalue weighted by Gasteiger charge is -2.26. The Kier molecular flexibility index (Phi) is 10.5. The molecule has 3 aromatic heterocycles. The second-order valence-corrected chi connectivity index (χ2v) is 19.2. The highest BCUT2D eigenvalue weighted by molar-refractivity contribution is 6.13. The third kappa shape index (κ3) is 7.92. The molecule has 320 valence electrons. The molecule has 0 aliphatic carbocycles. The molecule has 1 N–H and O–H groups in total. The summed E-state index contributed by atoms with van der Waals surface area (Å²) in [7, 11) is 0. The number of aromatic nitrogens is 3. The molecule has 66 heavy (non-hydrogen) atoms. The molecule has 0 spiro atoms. The average molecular weight is 855 g/mol. The summed E-state index contributed by atoms with van der Waals surface area (Å²) in [5.41, 5.74) is 17.1. The van der Waals surface area contributed by atoms with Crippen LogP contribution in [0.15, 0.2) is 188 Å². The van der Waals surface area contributed by atoms with Crippen LogP contribution in [0.2, 0.25) is 0 Å². The SMILES string of the molecule is [C-]#[N+]c1cccc(-c2cc(-c3cc(-c4cccc5c6ccccc6n(-c6ccccc6)c45)ccn3)cc(-c3cc(-c4cc(C(C)(C)C)cc(C(C)(C)C)c4)cc(-c4ccccc4O)n3)c2)c1. The maximum absolute atomic E-state index is 11.3. The topological polar surface area (TPSA) is 55.3 Å². The zero-order valence-electron chi connectivity index (χ0n) is 38.1. The van der Waals surface area contributed by atoms with Crippen molar-refractivity contribution >= 4 is 27.5 Å². The molecule has 0 aliphatic heterocycles. The minimum absolute atomic E-state index is 0.0827. The lowest BCUT2D eigenvalue weighted by Crippen LogP contribution is -2.16. The van der Waals surface area contributed by atoms with Crippen LogP contribution in [0, 0.1) is 6.57 Å². The number of fused-ring (bicyclic) bond motifs is 3. The predicted molar refractivity (Wildman–Crippen MR) is 274 cm³/mol. The number of phenolic OH excluding ortho intramolecular Hbond substituents is 1. The summed E-state index contributed by atoms with van der Waals surface area (Å²) in [6.07, 6.45) is 1.90. The molecule has 0 aliphatic rings. The van der Waals surface area contributed by atoms with E-state index in [1.165, 1.54) is 21.9 Å². The molecule has 3 heterocycles. The van der Waals surface area contributed by atoms with E-state index in [2.05, 4.69) is 184 Å². The molecule has 0 saturated carbocycles. The first kappa shape index (κ1) is 41.9. The fourth-order valence-electron chi connectivity index (χ4n) is 9.03. The highest BCUT2D eigenvalue weighted by Gasteiger charge is 2.23. The molecular formula is C61H50N4O. The van der Waals surface area contributed by atoms with E-state index in [9.17, 15) is 5.11 Å². The monoisotopic (exact) mass is 854 g/mol. The van der Waals surface area contributed by atoms with Crippen LogP contribution >= 0.6 is 0 Å². The van der Waals surface area contributed by atoms with Crippen molar-refractivity contribution in [2.45, 2.75) is 52.4 Å². The van der Waals surface area contributed by atoms with E-state index in [4.69, 9.17) is 16.5 Å². The van der Waals surface area contributed by atoms with Gasteiger partial charge in [0.25, 0.3) is 0 Å². The van der Waals surface area contributed by atoms with E-state index in [0.29, 0.717) is 16.9 Å². The van der Waals surface area contributed by atoms with Crippen molar-refractivity contribution < 1.29 is 5.11 Å². The summed E-state index contributed by atoms with van der Waals surface area (Å²) in [5, 5.41) is 13.6. The second-order valence-electron chi connectivity index (χ2n) is 19.2. The molecule has 7 aromatic carbocycles. The Bertz CT molecular complexity index is 3490. The van der Waals surface area contributed by atoms with E-state index in [0.717, 1.165) is 72.6 Å². The summed E-state index contributed by atoms with van der Waals surface area (Å²) in [4.78, 5) is 14.2. The molecule has 5 nitrogen and oxygen atoms in total. The first-order chi connectivity index (χ1) is 31.8. The first-order valence-electron chi connectivity index (χ1n) is 22.5. The summed E-state index contributed by atoms with van der Waals surface area (Å²) < 4.78 is 2.37. The number of para-hydroxylation sites is 4. The van der Waals surface area contributed by atoms with Gasteiger partial charge in [-0.05, 0) is 129 Å². The van der Waals surface area contributed by atoms with Gasteiger partial charge in [0.2, 0.25) is 0 Å². The zero-order chi connectivity index (χ0) is 45.7. The van der Waals surface area contributed by atoms with E-state index in [1.807, 2.05) is 48.7 Å². The lowest BCUT2D eigenvalue weighted by molar-refractivity contribution is 0.477. The van der Waals surface area contributed by atoms with Crippen LogP contribution < -0.4 is 0 Å². The van der Waals surface area contributed by atoms with Gasteiger partial charge in [-0.1, -0.05) is 145 Å². The minimum Gasteiger partial charge on any atom is -0.507 e. The maximum Gasteiger partial charge on any atom is 0.187 e. The van der Waals surface area contributed by atoms with Crippen molar-refractivity contribution in [1.29, 1.82) is 0 Å². The molecule has 0 amide bonds. The Morgan fingerprint density at radius 2 is 1.06 bits per heavy atom. The number of benzene rings is 7. The lowest BCUT2D eigenvalue weighted by atomic mass is 9.79. The highest BCUT2D eigenvalue weighted by atomic mass is 16.3. The van der Waals surface area contributed by atoms with E-state index < -0.39 is 0 Å². The average Bonchev–Trinajstić information content (AvgIpc) is 3.68. The number of rotatable bonds is 7. The van der Waals surface area contributed by atoms with Crippen molar-refractivity contribution in [3.63, 3.8) is 0 Å². The van der Waals surface area contributed by atoms with Gasteiger partial charge in [-0.3, -0.25) is 4.98 Å². The minimum atomic E-state index is -0.0827. The van der Waals surface area contributed by atoms with E-state index >= 15 is 0 Å². The molecule has 10 aromatic rings. The van der Waals surface area contributed by atoms with Gasteiger partial charge in [0.15, 0.2) is 5.69 Å². The Balaban J connectivity index is 1.20. The normalized spacial score (nSPS) is 11.8. The van der Waals surface area contributed by atoms with Crippen LogP contribution in [-0.2, 0) is 10.8 Å². The Hall–Kier alpha value is -8.07. The van der Waals surface area contributed by atoms with Gasteiger partial charge in [-0.15, -0.1) is 0 Å². The number of hydrogen-bond donors (Lipinski definition) is 1. The second kappa shape index (κ2) is 16.5. The maximum atomic E-state index is 11.3. The Morgan fingerprint density at radius 3 is 1.80 bits per heavy atom. The van der Waals surface area contributed by atoms with Gasteiger partial charge in [-0.2, -0.15) is 0 Å². The molecule has 0 atom stereocenters. The van der Waals surface area contributed by atoms with Crippen LogP contribution in [0.5, 0.6) is 5.75 Å². The molecular weight excluding hydrogens is 805 g/mol. The van der Waals surface area contributed by atoms with Gasteiger partial charge < -0.3 is 9.67 Å². The number of hydrogen-bond acceptors (Lipinski definition) is 3. The van der Waals surface area contributed by atoms with Crippen LogP contribution in [-0.4, -0.2) is 19.6 Å². The number of pyridine rings is 2. The molecule has 0 saturated heterocycles. The third-order valence-corrected chi connectivity index (χ3v) is 12.6. The van der Waals surface area contributed by atoms with Crippen LogP contribution in [0.3, 0.4) is 0 Å². The summed E-state index contributed by atoms with van der Waals surface area (Å²) in [5.74, 6) is 0.166. The summed E-state index contributed by atoms with van der Waals surface area (Å²) in [6.45, 7) is 21.4. The number of aromatic hydroxyl groups is 1. The third-order valence-electron chi connectivity index (χ3n) is 12.6. The molecule has 0 fully saturated rings. The van der Waals surface area contributed by atoms with Crippen molar-refractivity contribution in [1.82, 2.24) is 14.5 Å². The van der Waals surface area contributed by atoms with Gasteiger partial charge >= 0.3 is 0 Å². The number of nitrogens with zero attached hydrogens (tertiary/aromatic N) is 4. The van der Waals surface area contributed by atoms with Gasteiger partial charge in [-0.25, -0.2) is 9.83 Å². The van der Waals surface area contributed by atoms with Crippen LogP contribution in [0.4, 0.5) is 5.69 Å². The fourth-order valence-corrected chi connectivity index (χ4v) is 9.03. The van der Waals surface area contributed by atoms with E-state index in [1.54, 1.807) is 6.07 Å². The standard InChI is InChI=1S/C61H50N4O/c1-60(2,3)46-32-42(33-47(38-46)61(4,5)6)43-36-55(64-56(37-43)53-22-12-14-26-58(53)66)45-30-41(39-17-15-18-48(34-39)62-7)29-44(31-45)54-35-40(27-28-63-54)50-23-16-24-52-51-21-11-13-25-57(51)65(59(50)52)49-19-9-8-10-20-49/h8-38,66H,1-6H3. The molecule has 0 bridgehead atoms. The largest absolute Gasteiger partial charge is 0.507 e. The van der Waals surface area contributed by atoms with Crippen molar-refractivity contribution in [3.8, 4) is 78.6 Å². The van der Waals surface area contributed by atoms with Crippen molar-refractivity contribution in [2.75, 3.05) is 0 Å². The van der Waals surface area contributed by atoms with Crippen molar-refractivity contribution in [2.24, 2.45) is 0 Å². The number of phenols is 1. The summed E-state index contributed by atoms with van der Waals surface area (Å²) in [6, 6.07) is 62.8.